The normalized spacial score (nSPS) is 10.6. The fourth-order valence-corrected chi connectivity index (χ4v) is 1.58. The molecule has 0 saturated carbocycles. The Hall–Kier alpha value is -1.79. The zero-order valence-corrected chi connectivity index (χ0v) is 14.2. The van der Waals surface area contributed by atoms with Gasteiger partial charge >= 0.3 is 6.03 Å². The second-order valence-corrected chi connectivity index (χ2v) is 6.01. The molecule has 0 aliphatic rings. The molecular formula is C15H25ClN4O2. The highest BCUT2D eigenvalue weighted by Gasteiger charge is 2.14. The number of hydrogen-bond donors (Lipinski definition) is 4. The number of amides is 3. The van der Waals surface area contributed by atoms with Gasteiger partial charge in [-0.2, -0.15) is 0 Å². The summed E-state index contributed by atoms with van der Waals surface area (Å²) in [6, 6.07) is 6.49. The molecule has 1 aromatic carbocycles. The van der Waals surface area contributed by atoms with E-state index in [1.807, 2.05) is 27.7 Å². The lowest BCUT2D eigenvalue weighted by Gasteiger charge is -2.19. The van der Waals surface area contributed by atoms with Crippen LogP contribution < -0.4 is 21.7 Å². The maximum absolute atomic E-state index is 12.0. The standard InChI is InChI=1S/C15H24N4O2.ClH/c1-10(2)18-14(21)19-12-7-5-6-11(8-12)13(20)17-9-15(3,4)16;/h5-8,10H,9,16H2,1-4H3,(H,17,20)(H2,18,19,21);1H. The lowest BCUT2D eigenvalue weighted by molar-refractivity contribution is 0.0946. The van der Waals surface area contributed by atoms with Crippen molar-refractivity contribution in [2.45, 2.75) is 39.3 Å². The minimum absolute atomic E-state index is 0. The minimum atomic E-state index is -0.470. The van der Waals surface area contributed by atoms with E-state index in [-0.39, 0.29) is 30.4 Å². The average Bonchev–Trinajstić information content (AvgIpc) is 2.34. The van der Waals surface area contributed by atoms with Gasteiger partial charge < -0.3 is 21.7 Å². The molecule has 0 aliphatic heterocycles. The fourth-order valence-electron chi connectivity index (χ4n) is 1.58. The SMILES string of the molecule is CC(C)NC(=O)Nc1cccc(C(=O)NCC(C)(C)N)c1.Cl. The topological polar surface area (TPSA) is 96.2 Å². The van der Waals surface area contributed by atoms with Gasteiger partial charge in [-0.05, 0) is 45.9 Å². The van der Waals surface area contributed by atoms with Crippen LogP contribution in [0.25, 0.3) is 0 Å². The van der Waals surface area contributed by atoms with E-state index < -0.39 is 5.54 Å². The van der Waals surface area contributed by atoms with Crippen LogP contribution in [0.1, 0.15) is 38.1 Å². The number of urea groups is 1. The van der Waals surface area contributed by atoms with Crippen molar-refractivity contribution < 1.29 is 9.59 Å². The Morgan fingerprint density at radius 3 is 2.45 bits per heavy atom. The van der Waals surface area contributed by atoms with Gasteiger partial charge in [0, 0.05) is 29.4 Å². The number of nitrogens with two attached hydrogens (primary N) is 1. The molecule has 0 saturated heterocycles. The molecule has 0 unspecified atom stereocenters. The van der Waals surface area contributed by atoms with Gasteiger partial charge in [0.1, 0.15) is 0 Å². The third kappa shape index (κ3) is 7.85. The molecule has 22 heavy (non-hydrogen) atoms. The Balaban J connectivity index is 0.00000441. The maximum atomic E-state index is 12.0. The summed E-state index contributed by atoms with van der Waals surface area (Å²) in [5.74, 6) is -0.221. The average molecular weight is 329 g/mol. The summed E-state index contributed by atoms with van der Waals surface area (Å²) in [6.07, 6.45) is 0. The number of anilines is 1. The number of carbonyl (C=O) groups excluding carboxylic acids is 2. The number of rotatable bonds is 5. The second kappa shape index (κ2) is 8.60. The molecule has 0 radical (unpaired) electrons. The molecule has 124 valence electrons. The quantitative estimate of drug-likeness (QED) is 0.666. The molecule has 6 nitrogen and oxygen atoms in total. The molecule has 1 aromatic rings. The molecule has 0 heterocycles. The van der Waals surface area contributed by atoms with Crippen molar-refractivity contribution in [3.05, 3.63) is 29.8 Å². The predicted molar refractivity (Wildman–Crippen MR) is 91.6 cm³/mol. The number of nitrogens with one attached hydrogen (secondary N) is 3. The molecule has 1 rings (SSSR count). The Labute approximate surface area is 137 Å². The van der Waals surface area contributed by atoms with Crippen LogP contribution in [0.15, 0.2) is 24.3 Å². The first-order chi connectivity index (χ1) is 9.67. The van der Waals surface area contributed by atoms with E-state index in [9.17, 15) is 9.59 Å². The summed E-state index contributed by atoms with van der Waals surface area (Å²) in [5, 5.41) is 8.16. The van der Waals surface area contributed by atoms with E-state index in [0.717, 1.165) is 0 Å². The van der Waals surface area contributed by atoms with Gasteiger partial charge in [-0.25, -0.2) is 4.79 Å². The summed E-state index contributed by atoms with van der Waals surface area (Å²) < 4.78 is 0. The zero-order valence-electron chi connectivity index (χ0n) is 13.4. The van der Waals surface area contributed by atoms with Crippen LogP contribution in [0.2, 0.25) is 0 Å². The Morgan fingerprint density at radius 2 is 1.91 bits per heavy atom. The van der Waals surface area contributed by atoms with Crippen LogP contribution >= 0.6 is 12.4 Å². The first-order valence-electron chi connectivity index (χ1n) is 6.92. The molecule has 0 aliphatic carbocycles. The van der Waals surface area contributed by atoms with Crippen molar-refractivity contribution in [2.75, 3.05) is 11.9 Å². The molecule has 0 bridgehead atoms. The van der Waals surface area contributed by atoms with Crippen LogP contribution in [-0.2, 0) is 0 Å². The highest BCUT2D eigenvalue weighted by Crippen LogP contribution is 2.11. The summed E-state index contributed by atoms with van der Waals surface area (Å²) in [4.78, 5) is 23.6. The van der Waals surface area contributed by atoms with Crippen LogP contribution in [0.3, 0.4) is 0 Å². The van der Waals surface area contributed by atoms with Crippen molar-refractivity contribution >= 4 is 30.0 Å². The van der Waals surface area contributed by atoms with Crippen LogP contribution in [-0.4, -0.2) is 30.1 Å². The Bertz CT molecular complexity index is 513. The Kier molecular flexibility index (Phi) is 7.90. The second-order valence-electron chi connectivity index (χ2n) is 6.01. The third-order valence-corrected chi connectivity index (χ3v) is 2.51. The van der Waals surface area contributed by atoms with E-state index in [2.05, 4.69) is 16.0 Å². The van der Waals surface area contributed by atoms with Crippen LogP contribution in [0.5, 0.6) is 0 Å². The molecule has 0 atom stereocenters. The number of hydrogen-bond acceptors (Lipinski definition) is 3. The van der Waals surface area contributed by atoms with Gasteiger partial charge in [0.15, 0.2) is 0 Å². The zero-order chi connectivity index (χ0) is 16.0. The smallest absolute Gasteiger partial charge is 0.319 e. The Morgan fingerprint density at radius 1 is 1.27 bits per heavy atom. The van der Waals surface area contributed by atoms with E-state index in [0.29, 0.717) is 17.8 Å². The predicted octanol–water partition coefficient (Wildman–Crippen LogP) is 2.11. The molecule has 0 aromatic heterocycles. The van der Waals surface area contributed by atoms with Crippen LogP contribution in [0, 0.1) is 0 Å². The molecule has 0 fully saturated rings. The molecular weight excluding hydrogens is 304 g/mol. The monoisotopic (exact) mass is 328 g/mol. The lowest BCUT2D eigenvalue weighted by Crippen LogP contribution is -2.45. The van der Waals surface area contributed by atoms with Crippen molar-refractivity contribution in [3.8, 4) is 0 Å². The summed E-state index contributed by atoms with van der Waals surface area (Å²) in [7, 11) is 0. The third-order valence-electron chi connectivity index (χ3n) is 2.51. The highest BCUT2D eigenvalue weighted by molar-refractivity contribution is 5.96. The van der Waals surface area contributed by atoms with Gasteiger partial charge in [-0.15, -0.1) is 12.4 Å². The largest absolute Gasteiger partial charge is 0.350 e. The van der Waals surface area contributed by atoms with Gasteiger partial charge in [-0.1, -0.05) is 6.07 Å². The molecule has 7 heteroatoms. The van der Waals surface area contributed by atoms with Crippen molar-refractivity contribution in [1.82, 2.24) is 10.6 Å². The first kappa shape index (κ1) is 20.2. The van der Waals surface area contributed by atoms with Gasteiger partial charge in [0.25, 0.3) is 5.91 Å². The summed E-state index contributed by atoms with van der Waals surface area (Å²) >= 11 is 0. The lowest BCUT2D eigenvalue weighted by atomic mass is 10.1. The van der Waals surface area contributed by atoms with E-state index in [1.54, 1.807) is 24.3 Å². The first-order valence-corrected chi connectivity index (χ1v) is 6.92. The maximum Gasteiger partial charge on any atom is 0.319 e. The number of halogens is 1. The van der Waals surface area contributed by atoms with Crippen molar-refractivity contribution in [2.24, 2.45) is 5.73 Å². The van der Waals surface area contributed by atoms with E-state index in [4.69, 9.17) is 5.73 Å². The molecule has 0 spiro atoms. The summed E-state index contributed by atoms with van der Waals surface area (Å²) in [5.41, 5.74) is 6.39. The van der Waals surface area contributed by atoms with Gasteiger partial charge in [0.2, 0.25) is 0 Å². The van der Waals surface area contributed by atoms with Crippen molar-refractivity contribution in [1.29, 1.82) is 0 Å². The van der Waals surface area contributed by atoms with E-state index in [1.165, 1.54) is 0 Å². The van der Waals surface area contributed by atoms with Crippen LogP contribution in [0.4, 0.5) is 10.5 Å². The highest BCUT2D eigenvalue weighted by atomic mass is 35.5. The number of benzene rings is 1. The summed E-state index contributed by atoms with van der Waals surface area (Å²) in [6.45, 7) is 7.79. The molecule has 3 amide bonds. The minimum Gasteiger partial charge on any atom is -0.350 e. The van der Waals surface area contributed by atoms with E-state index >= 15 is 0 Å². The van der Waals surface area contributed by atoms with Crippen molar-refractivity contribution in [3.63, 3.8) is 0 Å². The number of carbonyl (C=O) groups is 2. The fraction of sp³-hybridized carbons (Fsp3) is 0.467. The van der Waals surface area contributed by atoms with Gasteiger partial charge in [0.05, 0.1) is 0 Å². The molecule has 5 N–H and O–H groups in total. The van der Waals surface area contributed by atoms with Gasteiger partial charge in [-0.3, -0.25) is 4.79 Å².